The van der Waals surface area contributed by atoms with E-state index in [1.807, 2.05) is 0 Å². The molecule has 0 spiro atoms. The predicted molar refractivity (Wildman–Crippen MR) is 82.2 cm³/mol. The summed E-state index contributed by atoms with van der Waals surface area (Å²) in [5.74, 6) is -1.72. The quantitative estimate of drug-likeness (QED) is 0.631. The van der Waals surface area contributed by atoms with E-state index in [9.17, 15) is 23.1 Å². The topological polar surface area (TPSA) is 101 Å². The van der Waals surface area contributed by atoms with Crippen molar-refractivity contribution in [3.05, 3.63) is 30.3 Å². The minimum Gasteiger partial charge on any atom is -0.480 e. The number of thioether (sulfide) groups is 1. The highest BCUT2D eigenvalue weighted by Crippen LogP contribution is 2.52. The Morgan fingerprint density at radius 2 is 1.91 bits per heavy atom. The highest BCUT2D eigenvalue weighted by Gasteiger charge is 2.65. The van der Waals surface area contributed by atoms with Crippen LogP contribution in [0.25, 0.3) is 0 Å². The van der Waals surface area contributed by atoms with Crippen molar-refractivity contribution < 1.29 is 27.3 Å². The number of hydrogen-bond donors (Lipinski definition) is 1. The highest BCUT2D eigenvalue weighted by atomic mass is 32.2. The first-order valence-corrected chi connectivity index (χ1v) is 9.15. The van der Waals surface area contributed by atoms with E-state index in [1.54, 1.807) is 32.0 Å². The largest absolute Gasteiger partial charge is 0.480 e. The van der Waals surface area contributed by atoms with Crippen molar-refractivity contribution in [2.45, 2.75) is 41.0 Å². The number of carbonyl (C=O) groups is 2. The van der Waals surface area contributed by atoms with Crippen molar-refractivity contribution in [1.82, 2.24) is 4.90 Å². The molecule has 1 N–H and O–H groups in total. The summed E-state index contributed by atoms with van der Waals surface area (Å²) in [5, 5.41) is 8.71. The standard InChI is InChI=1S/C14H15NO6S2/c1-14(2)10(13(17)18)15-11(16)9(12(15)22-14)21-23(19,20)8-6-4-3-5-7-8/h3-7,9-10,12H,1-2H3,(H,17,18)/t9-,10+,12-/m1/s1. The summed E-state index contributed by atoms with van der Waals surface area (Å²) < 4.78 is 28.8. The number of benzene rings is 1. The Balaban J connectivity index is 1.83. The zero-order valence-corrected chi connectivity index (χ0v) is 14.0. The molecule has 1 aromatic rings. The second kappa shape index (κ2) is 5.22. The molecule has 9 heteroatoms. The predicted octanol–water partition coefficient (Wildman–Crippen LogP) is 0.907. The van der Waals surface area contributed by atoms with E-state index in [1.165, 1.54) is 28.8 Å². The first-order chi connectivity index (χ1) is 10.6. The summed E-state index contributed by atoms with van der Waals surface area (Å²) >= 11 is 1.24. The second-order valence-electron chi connectivity index (χ2n) is 5.88. The Morgan fingerprint density at radius 3 is 2.48 bits per heavy atom. The lowest BCUT2D eigenvalue weighted by molar-refractivity contribution is -0.167. The fourth-order valence-corrected chi connectivity index (χ4v) is 5.58. The molecule has 1 aromatic carbocycles. The van der Waals surface area contributed by atoms with Crippen LogP contribution in [0.3, 0.4) is 0 Å². The molecule has 0 unspecified atom stereocenters. The maximum atomic E-state index is 12.2. The minimum absolute atomic E-state index is 0.0386. The van der Waals surface area contributed by atoms with Gasteiger partial charge in [0.1, 0.15) is 11.4 Å². The molecule has 1 amide bonds. The van der Waals surface area contributed by atoms with E-state index in [4.69, 9.17) is 4.18 Å². The molecule has 23 heavy (non-hydrogen) atoms. The number of amides is 1. The summed E-state index contributed by atoms with van der Waals surface area (Å²) in [6, 6.07) is 6.54. The van der Waals surface area contributed by atoms with E-state index < -0.39 is 44.3 Å². The molecular formula is C14H15NO6S2. The van der Waals surface area contributed by atoms with Gasteiger partial charge in [-0.3, -0.25) is 4.79 Å². The zero-order valence-electron chi connectivity index (χ0n) is 12.4. The average Bonchev–Trinajstić information content (AvgIpc) is 2.74. The maximum Gasteiger partial charge on any atom is 0.327 e. The van der Waals surface area contributed by atoms with Crippen LogP contribution in [0, 0.1) is 0 Å². The number of fused-ring (bicyclic) bond motifs is 1. The van der Waals surface area contributed by atoms with Crippen LogP contribution in [0.1, 0.15) is 13.8 Å². The molecule has 124 valence electrons. The number of nitrogens with zero attached hydrogens (tertiary/aromatic N) is 1. The van der Waals surface area contributed by atoms with Crippen molar-refractivity contribution >= 4 is 33.8 Å². The van der Waals surface area contributed by atoms with E-state index in [-0.39, 0.29) is 4.90 Å². The Labute approximate surface area is 137 Å². The molecule has 0 radical (unpaired) electrons. The third-order valence-corrected chi connectivity index (χ3v) is 6.75. The number of aliphatic carboxylic acids is 1. The first-order valence-electron chi connectivity index (χ1n) is 6.86. The van der Waals surface area contributed by atoms with Gasteiger partial charge in [-0.15, -0.1) is 11.8 Å². The van der Waals surface area contributed by atoms with Gasteiger partial charge in [-0.2, -0.15) is 8.42 Å². The van der Waals surface area contributed by atoms with Gasteiger partial charge < -0.3 is 10.0 Å². The number of β-lactam (4-membered cyclic amide) rings is 1. The average molecular weight is 357 g/mol. The summed E-state index contributed by atoms with van der Waals surface area (Å²) in [6.45, 7) is 3.43. The number of rotatable bonds is 4. The van der Waals surface area contributed by atoms with Gasteiger partial charge in [-0.25, -0.2) is 8.98 Å². The molecule has 3 rings (SSSR count). The number of carboxylic acids is 1. The van der Waals surface area contributed by atoms with Crippen LogP contribution in [0.4, 0.5) is 0 Å². The van der Waals surface area contributed by atoms with Gasteiger partial charge >= 0.3 is 5.97 Å². The third-order valence-electron chi connectivity index (χ3n) is 3.89. The van der Waals surface area contributed by atoms with Crippen molar-refractivity contribution in [1.29, 1.82) is 0 Å². The highest BCUT2D eigenvalue weighted by molar-refractivity contribution is 8.01. The van der Waals surface area contributed by atoms with Crippen LogP contribution in [0.15, 0.2) is 35.2 Å². The van der Waals surface area contributed by atoms with Crippen molar-refractivity contribution in [3.63, 3.8) is 0 Å². The van der Waals surface area contributed by atoms with Crippen molar-refractivity contribution in [2.24, 2.45) is 0 Å². The lowest BCUT2D eigenvalue weighted by Gasteiger charge is -2.42. The van der Waals surface area contributed by atoms with Crippen LogP contribution < -0.4 is 0 Å². The van der Waals surface area contributed by atoms with Crippen LogP contribution in [-0.4, -0.2) is 52.6 Å². The number of carbonyl (C=O) groups excluding carboxylic acids is 1. The van der Waals surface area contributed by atoms with Gasteiger partial charge in [0.2, 0.25) is 0 Å². The van der Waals surface area contributed by atoms with Gasteiger partial charge in [0.05, 0.1) is 4.90 Å². The molecule has 2 heterocycles. The van der Waals surface area contributed by atoms with Crippen LogP contribution in [0.2, 0.25) is 0 Å². The molecular weight excluding hydrogens is 342 g/mol. The van der Waals surface area contributed by atoms with Gasteiger partial charge in [0.25, 0.3) is 16.0 Å². The maximum absolute atomic E-state index is 12.2. The Morgan fingerprint density at radius 1 is 1.30 bits per heavy atom. The first kappa shape index (κ1) is 16.3. The Hall–Kier alpha value is -1.58. The molecule has 3 atom stereocenters. The molecule has 0 aliphatic carbocycles. The Kier molecular flexibility index (Phi) is 3.69. The molecule has 2 fully saturated rings. The number of hydrogen-bond acceptors (Lipinski definition) is 6. The summed E-state index contributed by atoms with van der Waals surface area (Å²) in [5.41, 5.74) is 0. The van der Waals surface area contributed by atoms with Crippen LogP contribution in [-0.2, 0) is 23.9 Å². The molecule has 7 nitrogen and oxygen atoms in total. The smallest absolute Gasteiger partial charge is 0.327 e. The van der Waals surface area contributed by atoms with E-state index >= 15 is 0 Å². The monoisotopic (exact) mass is 357 g/mol. The SMILES string of the molecule is CC1(C)S[C@@H]2[C@H](OS(=O)(=O)c3ccccc3)C(=O)N2[C@H]1C(=O)O. The zero-order chi connectivity index (χ0) is 17.0. The van der Waals surface area contributed by atoms with Crippen molar-refractivity contribution in [2.75, 3.05) is 0 Å². The minimum atomic E-state index is -4.08. The summed E-state index contributed by atoms with van der Waals surface area (Å²) in [7, 11) is -4.08. The second-order valence-corrected chi connectivity index (χ2v) is 9.23. The fraction of sp³-hybridized carbons (Fsp3) is 0.429. The van der Waals surface area contributed by atoms with Crippen molar-refractivity contribution in [3.8, 4) is 0 Å². The molecule has 0 bridgehead atoms. The van der Waals surface area contributed by atoms with Crippen LogP contribution in [0.5, 0.6) is 0 Å². The molecule has 0 saturated carbocycles. The van der Waals surface area contributed by atoms with E-state index in [2.05, 4.69) is 0 Å². The molecule has 0 aromatic heterocycles. The normalized spacial score (nSPS) is 29.0. The van der Waals surface area contributed by atoms with Gasteiger partial charge in [0.15, 0.2) is 6.10 Å². The lowest BCUT2D eigenvalue weighted by atomic mass is 9.97. The van der Waals surface area contributed by atoms with Gasteiger partial charge in [-0.05, 0) is 26.0 Å². The lowest BCUT2D eigenvalue weighted by Crippen LogP contribution is -2.66. The van der Waals surface area contributed by atoms with E-state index in [0.717, 1.165) is 0 Å². The van der Waals surface area contributed by atoms with Gasteiger partial charge in [-0.1, -0.05) is 18.2 Å². The van der Waals surface area contributed by atoms with Crippen LogP contribution >= 0.6 is 11.8 Å². The Bertz CT molecular complexity index is 761. The third kappa shape index (κ3) is 2.52. The van der Waals surface area contributed by atoms with Gasteiger partial charge in [0, 0.05) is 4.75 Å². The molecule has 2 saturated heterocycles. The van der Waals surface area contributed by atoms with E-state index in [0.29, 0.717) is 0 Å². The number of carboxylic acid groups (broad SMARTS) is 1. The molecule has 2 aliphatic rings. The summed E-state index contributed by atoms with van der Waals surface area (Å²) in [4.78, 5) is 24.8. The molecule has 2 aliphatic heterocycles. The summed E-state index contributed by atoms with van der Waals surface area (Å²) in [6.07, 6.45) is -1.19. The fourth-order valence-electron chi connectivity index (χ4n) is 2.85.